The fourth-order valence-electron chi connectivity index (χ4n) is 1.86. The number of Topliss-reactive ketones (excluding diaryl/α,β-unsaturated/α-hetero) is 1. The first-order valence-electron chi connectivity index (χ1n) is 4.99. The predicted octanol–water partition coefficient (Wildman–Crippen LogP) is 2.30. The zero-order valence-electron chi connectivity index (χ0n) is 8.78. The monoisotopic (exact) mass is 215 g/mol. The third-order valence-corrected chi connectivity index (χ3v) is 3.20. The van der Waals surface area contributed by atoms with Crippen LogP contribution in [-0.2, 0) is 4.79 Å². The smallest absolute Gasteiger partial charge is 0.281 e. The van der Waals surface area contributed by atoms with Crippen molar-refractivity contribution in [3.05, 3.63) is 0 Å². The molecule has 1 unspecified atom stereocenters. The number of carbonyl (C=O) groups is 2. The number of rotatable bonds is 3. The molecule has 80 valence electrons. The van der Waals surface area contributed by atoms with Crippen LogP contribution in [0.25, 0.3) is 0 Å². The zero-order valence-corrected chi connectivity index (χ0v) is 9.60. The molecular formula is C10H17NO2S. The standard InChI is InChI=1S/C10H17NO2S/c1-8(12)5-6-9-4-3-7-11(9)10(13)14-2/h9H,3-7H2,1-2H3. The number of hydrogen-bond acceptors (Lipinski definition) is 3. The lowest BCUT2D eigenvalue weighted by Crippen LogP contribution is -2.32. The van der Waals surface area contributed by atoms with Gasteiger partial charge in [-0.05, 0) is 32.4 Å². The largest absolute Gasteiger partial charge is 0.331 e. The van der Waals surface area contributed by atoms with Gasteiger partial charge >= 0.3 is 0 Å². The molecule has 1 rings (SSSR count). The number of nitrogens with zero attached hydrogens (tertiary/aromatic N) is 1. The highest BCUT2D eigenvalue weighted by Gasteiger charge is 2.27. The predicted molar refractivity (Wildman–Crippen MR) is 58.6 cm³/mol. The molecule has 1 heterocycles. The number of amides is 1. The molecule has 0 N–H and O–H groups in total. The van der Waals surface area contributed by atoms with Crippen LogP contribution in [0.3, 0.4) is 0 Å². The van der Waals surface area contributed by atoms with Gasteiger partial charge in [0.15, 0.2) is 0 Å². The summed E-state index contributed by atoms with van der Waals surface area (Å²) in [6.07, 6.45) is 5.38. The molecule has 1 aliphatic rings. The number of likely N-dealkylation sites (tertiary alicyclic amines) is 1. The third-order valence-electron chi connectivity index (χ3n) is 2.62. The third kappa shape index (κ3) is 3.01. The van der Waals surface area contributed by atoms with Crippen LogP contribution in [0.5, 0.6) is 0 Å². The number of thioether (sulfide) groups is 1. The Bertz CT molecular complexity index is 230. The normalized spacial score (nSPS) is 21.3. The summed E-state index contributed by atoms with van der Waals surface area (Å²) in [6.45, 7) is 2.47. The van der Waals surface area contributed by atoms with Gasteiger partial charge in [0.1, 0.15) is 5.78 Å². The molecule has 14 heavy (non-hydrogen) atoms. The number of hydrogen-bond donors (Lipinski definition) is 0. The Balaban J connectivity index is 2.42. The summed E-state index contributed by atoms with van der Waals surface area (Å²) in [5, 5.41) is 0.149. The molecule has 1 aliphatic heterocycles. The first-order chi connectivity index (χ1) is 6.65. The van der Waals surface area contributed by atoms with Crippen molar-refractivity contribution in [3.63, 3.8) is 0 Å². The van der Waals surface area contributed by atoms with E-state index in [9.17, 15) is 9.59 Å². The highest BCUT2D eigenvalue weighted by atomic mass is 32.2. The zero-order chi connectivity index (χ0) is 10.6. The van der Waals surface area contributed by atoms with Gasteiger partial charge in [-0.25, -0.2) is 0 Å². The summed E-state index contributed by atoms with van der Waals surface area (Å²) in [6, 6.07) is 0.304. The molecule has 0 bridgehead atoms. The van der Waals surface area contributed by atoms with E-state index in [2.05, 4.69) is 0 Å². The highest BCUT2D eigenvalue weighted by molar-refractivity contribution is 8.12. The van der Waals surface area contributed by atoms with Crippen LogP contribution in [0, 0.1) is 0 Å². The quantitative estimate of drug-likeness (QED) is 0.725. The summed E-state index contributed by atoms with van der Waals surface area (Å²) in [7, 11) is 0. The van der Waals surface area contributed by atoms with E-state index < -0.39 is 0 Å². The first-order valence-corrected chi connectivity index (χ1v) is 6.21. The lowest BCUT2D eigenvalue weighted by atomic mass is 10.1. The molecule has 1 amide bonds. The van der Waals surface area contributed by atoms with Crippen molar-refractivity contribution in [1.82, 2.24) is 4.90 Å². The molecule has 1 atom stereocenters. The average Bonchev–Trinajstić information content (AvgIpc) is 2.61. The van der Waals surface area contributed by atoms with E-state index in [4.69, 9.17) is 0 Å². The number of ketones is 1. The van der Waals surface area contributed by atoms with Gasteiger partial charge in [-0.3, -0.25) is 4.79 Å². The summed E-state index contributed by atoms with van der Waals surface area (Å²) >= 11 is 1.26. The van der Waals surface area contributed by atoms with Crippen molar-refractivity contribution in [3.8, 4) is 0 Å². The van der Waals surface area contributed by atoms with Crippen molar-refractivity contribution >= 4 is 22.8 Å². The van der Waals surface area contributed by atoms with Crippen molar-refractivity contribution in [1.29, 1.82) is 0 Å². The maximum absolute atomic E-state index is 11.5. The molecule has 0 spiro atoms. The Morgan fingerprint density at radius 3 is 2.79 bits per heavy atom. The molecule has 0 saturated carbocycles. The minimum atomic E-state index is 0.149. The SMILES string of the molecule is CSC(=O)N1CCCC1CCC(C)=O. The van der Waals surface area contributed by atoms with E-state index in [0.29, 0.717) is 12.5 Å². The Kier molecular flexibility index (Phi) is 4.45. The first kappa shape index (κ1) is 11.6. The number of carbonyl (C=O) groups excluding carboxylic acids is 2. The maximum atomic E-state index is 11.5. The maximum Gasteiger partial charge on any atom is 0.281 e. The fourth-order valence-corrected chi connectivity index (χ4v) is 2.34. The van der Waals surface area contributed by atoms with E-state index in [1.807, 2.05) is 11.2 Å². The van der Waals surface area contributed by atoms with Gasteiger partial charge in [-0.2, -0.15) is 0 Å². The van der Waals surface area contributed by atoms with Crippen LogP contribution in [0.4, 0.5) is 4.79 Å². The van der Waals surface area contributed by atoms with Gasteiger partial charge in [0, 0.05) is 19.0 Å². The Morgan fingerprint density at radius 2 is 2.21 bits per heavy atom. The van der Waals surface area contributed by atoms with Crippen LogP contribution in [0.15, 0.2) is 0 Å². The second-order valence-electron chi connectivity index (χ2n) is 3.70. The van der Waals surface area contributed by atoms with Gasteiger partial charge < -0.3 is 9.69 Å². The van der Waals surface area contributed by atoms with E-state index in [1.54, 1.807) is 6.92 Å². The van der Waals surface area contributed by atoms with Gasteiger partial charge in [-0.1, -0.05) is 11.8 Å². The second-order valence-corrected chi connectivity index (χ2v) is 4.46. The van der Waals surface area contributed by atoms with Gasteiger partial charge in [0.2, 0.25) is 0 Å². The minimum absolute atomic E-state index is 0.149. The van der Waals surface area contributed by atoms with Crippen molar-refractivity contribution < 1.29 is 9.59 Å². The molecule has 3 nitrogen and oxygen atoms in total. The Morgan fingerprint density at radius 1 is 1.50 bits per heavy atom. The fraction of sp³-hybridized carbons (Fsp3) is 0.800. The topological polar surface area (TPSA) is 37.4 Å². The van der Waals surface area contributed by atoms with Gasteiger partial charge in [0.05, 0.1) is 0 Å². The highest BCUT2D eigenvalue weighted by Crippen LogP contribution is 2.24. The molecule has 0 aromatic rings. The van der Waals surface area contributed by atoms with E-state index in [0.717, 1.165) is 25.8 Å². The molecule has 0 aromatic carbocycles. The minimum Gasteiger partial charge on any atom is -0.331 e. The van der Waals surface area contributed by atoms with Gasteiger partial charge in [0.25, 0.3) is 5.24 Å². The molecule has 1 fully saturated rings. The average molecular weight is 215 g/mol. The van der Waals surface area contributed by atoms with Gasteiger partial charge in [-0.15, -0.1) is 0 Å². The second kappa shape index (κ2) is 5.39. The summed E-state index contributed by atoms with van der Waals surface area (Å²) < 4.78 is 0. The molecule has 1 saturated heterocycles. The van der Waals surface area contributed by atoms with Crippen LogP contribution in [-0.4, -0.2) is 34.8 Å². The molecule has 4 heteroatoms. The van der Waals surface area contributed by atoms with Crippen LogP contribution < -0.4 is 0 Å². The molecule has 0 aromatic heterocycles. The van der Waals surface area contributed by atoms with Crippen LogP contribution in [0.1, 0.15) is 32.6 Å². The van der Waals surface area contributed by atoms with Crippen LogP contribution in [0.2, 0.25) is 0 Å². The molecule has 0 aliphatic carbocycles. The van der Waals surface area contributed by atoms with E-state index >= 15 is 0 Å². The molecular weight excluding hydrogens is 198 g/mol. The lowest BCUT2D eigenvalue weighted by molar-refractivity contribution is -0.117. The summed E-state index contributed by atoms with van der Waals surface area (Å²) in [5.41, 5.74) is 0. The van der Waals surface area contributed by atoms with E-state index in [-0.39, 0.29) is 11.0 Å². The Labute approximate surface area is 89.2 Å². The summed E-state index contributed by atoms with van der Waals surface area (Å²) in [4.78, 5) is 24.2. The van der Waals surface area contributed by atoms with Crippen molar-refractivity contribution in [2.75, 3.05) is 12.8 Å². The Hall–Kier alpha value is -0.510. The van der Waals surface area contributed by atoms with Crippen molar-refractivity contribution in [2.45, 2.75) is 38.6 Å². The molecule has 0 radical (unpaired) electrons. The van der Waals surface area contributed by atoms with E-state index in [1.165, 1.54) is 11.8 Å². The van der Waals surface area contributed by atoms with Crippen molar-refractivity contribution in [2.24, 2.45) is 0 Å². The van der Waals surface area contributed by atoms with Crippen LogP contribution >= 0.6 is 11.8 Å². The summed E-state index contributed by atoms with van der Waals surface area (Å²) in [5.74, 6) is 0.216. The lowest BCUT2D eigenvalue weighted by Gasteiger charge is -2.23.